The number of amides is 2. The highest BCUT2D eigenvalue weighted by Crippen LogP contribution is 2.33. The lowest BCUT2D eigenvalue weighted by Gasteiger charge is -2.38. The molecule has 0 radical (unpaired) electrons. The van der Waals surface area contributed by atoms with Crippen LogP contribution in [0, 0.1) is 5.82 Å². The summed E-state index contributed by atoms with van der Waals surface area (Å²) in [6.45, 7) is 2.60. The Morgan fingerprint density at radius 1 is 1.10 bits per heavy atom. The molecule has 0 bridgehead atoms. The number of halogens is 1. The third-order valence-electron chi connectivity index (χ3n) is 5.58. The van der Waals surface area contributed by atoms with Gasteiger partial charge in [0.05, 0.1) is 32.0 Å². The molecule has 0 saturated carbocycles. The molecule has 2 aromatic carbocycles. The summed E-state index contributed by atoms with van der Waals surface area (Å²) < 4.78 is 25.3. The molecule has 0 spiro atoms. The number of nitrogens with zero attached hydrogens (tertiary/aromatic N) is 3. The van der Waals surface area contributed by atoms with Crippen LogP contribution >= 0.6 is 0 Å². The predicted octanol–water partition coefficient (Wildman–Crippen LogP) is 1.91. The molecule has 7 nitrogen and oxygen atoms in total. The lowest BCUT2D eigenvalue weighted by Crippen LogP contribution is -2.54. The normalized spacial score (nSPS) is 18.2. The summed E-state index contributed by atoms with van der Waals surface area (Å²) in [5.41, 5.74) is 1.22. The number of fused-ring (bicyclic) bond motifs is 1. The first-order valence-corrected chi connectivity index (χ1v) is 10.4. The van der Waals surface area contributed by atoms with Crippen molar-refractivity contribution in [3.8, 4) is 5.75 Å². The fourth-order valence-corrected chi connectivity index (χ4v) is 3.83. The Hall–Kier alpha value is -3.13. The lowest BCUT2D eigenvalue weighted by atomic mass is 10.1. The van der Waals surface area contributed by atoms with E-state index in [1.54, 1.807) is 36.2 Å². The first kappa shape index (κ1) is 21.1. The molecule has 8 heteroatoms. The van der Waals surface area contributed by atoms with Crippen molar-refractivity contribution in [3.63, 3.8) is 0 Å². The van der Waals surface area contributed by atoms with Crippen LogP contribution in [0.3, 0.4) is 0 Å². The van der Waals surface area contributed by atoms with Crippen LogP contribution in [0.25, 0.3) is 0 Å². The lowest BCUT2D eigenvalue weighted by molar-refractivity contribution is -0.143. The second-order valence-electron chi connectivity index (χ2n) is 7.73. The number of rotatable bonds is 5. The van der Waals surface area contributed by atoms with E-state index in [1.807, 2.05) is 23.1 Å². The van der Waals surface area contributed by atoms with Crippen molar-refractivity contribution in [2.75, 3.05) is 51.3 Å². The number of carbonyl (C=O) groups excluding carboxylic acids is 2. The SMILES string of the molecule is CN(Cc1ccccc1F)C(=O)CN1CC(C(=O)N2CCOCC2)Oc2ccccc21. The first-order valence-electron chi connectivity index (χ1n) is 10.4. The van der Waals surface area contributed by atoms with Crippen LogP contribution in [-0.4, -0.2) is 74.2 Å². The van der Waals surface area contributed by atoms with Crippen LogP contribution in [0.15, 0.2) is 48.5 Å². The van der Waals surface area contributed by atoms with Gasteiger partial charge in [-0.1, -0.05) is 30.3 Å². The molecule has 1 saturated heterocycles. The fraction of sp³-hybridized carbons (Fsp3) is 0.391. The number of ether oxygens (including phenoxy) is 2. The van der Waals surface area contributed by atoms with Gasteiger partial charge < -0.3 is 24.2 Å². The Morgan fingerprint density at radius 2 is 1.81 bits per heavy atom. The minimum absolute atomic E-state index is 0.0677. The first-order chi connectivity index (χ1) is 15.0. The van der Waals surface area contributed by atoms with Gasteiger partial charge in [0, 0.05) is 32.2 Å². The molecule has 1 fully saturated rings. The van der Waals surface area contributed by atoms with Crippen LogP contribution in [0.5, 0.6) is 5.75 Å². The molecule has 2 aromatic rings. The molecule has 0 N–H and O–H groups in total. The van der Waals surface area contributed by atoms with Crippen molar-refractivity contribution in [3.05, 3.63) is 59.9 Å². The van der Waals surface area contributed by atoms with E-state index >= 15 is 0 Å². The minimum Gasteiger partial charge on any atom is -0.477 e. The highest BCUT2D eigenvalue weighted by atomic mass is 19.1. The van der Waals surface area contributed by atoms with Crippen molar-refractivity contribution in [2.24, 2.45) is 0 Å². The highest BCUT2D eigenvalue weighted by Gasteiger charge is 2.35. The van der Waals surface area contributed by atoms with Gasteiger partial charge in [0.2, 0.25) is 5.91 Å². The molecule has 2 heterocycles. The maximum absolute atomic E-state index is 14.0. The number of benzene rings is 2. The van der Waals surface area contributed by atoms with E-state index in [1.165, 1.54) is 11.0 Å². The second-order valence-corrected chi connectivity index (χ2v) is 7.73. The number of likely N-dealkylation sites (N-methyl/N-ethyl adjacent to an activating group) is 1. The standard InChI is InChI=1S/C23H26FN3O4/c1-25(14-17-6-2-3-7-18(17)24)22(28)16-27-15-21(23(29)26-10-12-30-13-11-26)31-20-9-5-4-8-19(20)27/h2-9,21H,10-16H2,1H3. The Labute approximate surface area is 180 Å². The van der Waals surface area contributed by atoms with E-state index in [4.69, 9.17) is 9.47 Å². The number of anilines is 1. The monoisotopic (exact) mass is 427 g/mol. The molecule has 0 aromatic heterocycles. The number of hydrogen-bond acceptors (Lipinski definition) is 5. The third kappa shape index (κ3) is 4.80. The summed E-state index contributed by atoms with van der Waals surface area (Å²) in [5.74, 6) is -0.0348. The van der Waals surface area contributed by atoms with Gasteiger partial charge in [0.15, 0.2) is 6.10 Å². The Balaban J connectivity index is 1.47. The quantitative estimate of drug-likeness (QED) is 0.730. The van der Waals surface area contributed by atoms with Gasteiger partial charge in [0.25, 0.3) is 5.91 Å². The largest absolute Gasteiger partial charge is 0.477 e. The molecule has 31 heavy (non-hydrogen) atoms. The zero-order chi connectivity index (χ0) is 21.8. The number of para-hydroxylation sites is 2. The average molecular weight is 427 g/mol. The molecule has 2 aliphatic rings. The summed E-state index contributed by atoms with van der Waals surface area (Å²) in [5, 5.41) is 0. The molecule has 2 aliphatic heterocycles. The molecular weight excluding hydrogens is 401 g/mol. The van der Waals surface area contributed by atoms with E-state index in [0.29, 0.717) is 37.6 Å². The number of carbonyl (C=O) groups is 2. The third-order valence-corrected chi connectivity index (χ3v) is 5.58. The molecule has 1 unspecified atom stereocenters. The van der Waals surface area contributed by atoms with Crippen LogP contribution in [0.1, 0.15) is 5.56 Å². The minimum atomic E-state index is -0.697. The Kier molecular flexibility index (Phi) is 6.36. The smallest absolute Gasteiger partial charge is 0.265 e. The van der Waals surface area contributed by atoms with Gasteiger partial charge in [0.1, 0.15) is 11.6 Å². The van der Waals surface area contributed by atoms with Crippen molar-refractivity contribution in [1.29, 1.82) is 0 Å². The van der Waals surface area contributed by atoms with Crippen molar-refractivity contribution < 1.29 is 23.5 Å². The zero-order valence-electron chi connectivity index (χ0n) is 17.5. The van der Waals surface area contributed by atoms with Gasteiger partial charge in [-0.05, 0) is 18.2 Å². The average Bonchev–Trinajstić information content (AvgIpc) is 2.80. The molecule has 1 atom stereocenters. The fourth-order valence-electron chi connectivity index (χ4n) is 3.83. The van der Waals surface area contributed by atoms with Crippen LogP contribution in [-0.2, 0) is 20.9 Å². The molecule has 4 rings (SSSR count). The number of morpholine rings is 1. The van der Waals surface area contributed by atoms with E-state index < -0.39 is 6.10 Å². The van der Waals surface area contributed by atoms with Crippen molar-refractivity contribution in [2.45, 2.75) is 12.6 Å². The highest BCUT2D eigenvalue weighted by molar-refractivity contribution is 5.86. The van der Waals surface area contributed by atoms with Gasteiger partial charge in [-0.25, -0.2) is 4.39 Å². The van der Waals surface area contributed by atoms with Crippen LogP contribution in [0.4, 0.5) is 10.1 Å². The molecule has 2 amide bonds. The van der Waals surface area contributed by atoms with Gasteiger partial charge in [-0.15, -0.1) is 0 Å². The van der Waals surface area contributed by atoms with Gasteiger partial charge in [-0.3, -0.25) is 9.59 Å². The second kappa shape index (κ2) is 9.34. The van der Waals surface area contributed by atoms with Crippen LogP contribution in [0.2, 0.25) is 0 Å². The van der Waals surface area contributed by atoms with E-state index in [0.717, 1.165) is 5.69 Å². The van der Waals surface area contributed by atoms with Gasteiger partial charge in [-0.2, -0.15) is 0 Å². The van der Waals surface area contributed by atoms with Crippen molar-refractivity contribution >= 4 is 17.5 Å². The summed E-state index contributed by atoms with van der Waals surface area (Å²) in [7, 11) is 1.65. The maximum Gasteiger partial charge on any atom is 0.265 e. The summed E-state index contributed by atoms with van der Waals surface area (Å²) in [6.07, 6.45) is -0.697. The molecular formula is C23H26FN3O4. The van der Waals surface area contributed by atoms with E-state index in [2.05, 4.69) is 0 Å². The van der Waals surface area contributed by atoms with Crippen molar-refractivity contribution in [1.82, 2.24) is 9.80 Å². The zero-order valence-corrected chi connectivity index (χ0v) is 17.5. The summed E-state index contributed by atoms with van der Waals surface area (Å²) in [4.78, 5) is 31.0. The Morgan fingerprint density at radius 3 is 2.58 bits per heavy atom. The van der Waals surface area contributed by atoms with E-state index in [9.17, 15) is 14.0 Å². The molecule has 164 valence electrons. The topological polar surface area (TPSA) is 62.3 Å². The summed E-state index contributed by atoms with van der Waals surface area (Å²) >= 11 is 0. The Bertz CT molecular complexity index is 948. The van der Waals surface area contributed by atoms with Gasteiger partial charge >= 0.3 is 0 Å². The predicted molar refractivity (Wildman–Crippen MR) is 113 cm³/mol. The number of hydrogen-bond donors (Lipinski definition) is 0. The summed E-state index contributed by atoms with van der Waals surface area (Å²) in [6, 6.07) is 13.8. The van der Waals surface area contributed by atoms with Crippen LogP contribution < -0.4 is 9.64 Å². The molecule has 0 aliphatic carbocycles. The van der Waals surface area contributed by atoms with E-state index in [-0.39, 0.29) is 37.3 Å². The maximum atomic E-state index is 14.0.